The molecule has 4 nitrogen and oxygen atoms in total. The number of rotatable bonds is 4. The van der Waals surface area contributed by atoms with Gasteiger partial charge in [-0.2, -0.15) is 0 Å². The molecule has 1 amide bonds. The van der Waals surface area contributed by atoms with E-state index in [9.17, 15) is 4.79 Å². The number of ether oxygens (including phenoxy) is 1. The summed E-state index contributed by atoms with van der Waals surface area (Å²) in [4.78, 5) is 12.4. The van der Waals surface area contributed by atoms with Gasteiger partial charge in [0.25, 0.3) is 5.91 Å². The zero-order chi connectivity index (χ0) is 15.3. The quantitative estimate of drug-likeness (QED) is 0.894. The molecular weight excluding hydrogens is 264 g/mol. The van der Waals surface area contributed by atoms with Crippen molar-refractivity contribution in [2.75, 3.05) is 19.7 Å². The van der Waals surface area contributed by atoms with Crippen LogP contribution in [-0.4, -0.2) is 31.7 Å². The van der Waals surface area contributed by atoms with Crippen LogP contribution in [0.2, 0.25) is 0 Å². The fourth-order valence-corrected chi connectivity index (χ4v) is 2.55. The van der Waals surface area contributed by atoms with Gasteiger partial charge < -0.3 is 15.4 Å². The van der Waals surface area contributed by atoms with Crippen molar-refractivity contribution in [2.24, 2.45) is 5.41 Å². The molecule has 0 spiro atoms. The minimum Gasteiger partial charge on any atom is -0.366 e. The zero-order valence-corrected chi connectivity index (χ0v) is 13.2. The highest BCUT2D eigenvalue weighted by atomic mass is 16.5. The average molecular weight is 290 g/mol. The van der Waals surface area contributed by atoms with Crippen LogP contribution in [-0.2, 0) is 9.53 Å². The smallest absolute Gasteiger partial charge is 0.250 e. The molecule has 116 valence electrons. The van der Waals surface area contributed by atoms with Crippen molar-refractivity contribution >= 4 is 5.91 Å². The van der Waals surface area contributed by atoms with E-state index in [0.717, 1.165) is 18.5 Å². The first-order valence-electron chi connectivity index (χ1n) is 7.63. The number of nitrogens with one attached hydrogen (secondary N) is 2. The van der Waals surface area contributed by atoms with Crippen LogP contribution >= 0.6 is 0 Å². The Labute approximate surface area is 127 Å². The number of hydrogen-bond acceptors (Lipinski definition) is 3. The second-order valence-electron chi connectivity index (χ2n) is 6.80. The SMILES string of the molecule is CC(C)(C)CC(NC(=O)C1CNCCO1)c1ccccc1. The molecule has 2 unspecified atom stereocenters. The molecule has 2 atom stereocenters. The lowest BCUT2D eigenvalue weighted by atomic mass is 9.85. The molecule has 1 fully saturated rings. The third kappa shape index (κ3) is 5.14. The van der Waals surface area contributed by atoms with Crippen molar-refractivity contribution in [2.45, 2.75) is 39.3 Å². The molecule has 1 aliphatic rings. The molecule has 1 saturated heterocycles. The van der Waals surface area contributed by atoms with Gasteiger partial charge in [0.1, 0.15) is 6.10 Å². The number of carbonyl (C=O) groups excluding carboxylic acids is 1. The normalized spacial score (nSPS) is 20.8. The minimum atomic E-state index is -0.384. The van der Waals surface area contributed by atoms with Gasteiger partial charge in [-0.25, -0.2) is 0 Å². The summed E-state index contributed by atoms with van der Waals surface area (Å²) in [6, 6.07) is 10.2. The monoisotopic (exact) mass is 290 g/mol. The van der Waals surface area contributed by atoms with Crippen LogP contribution in [0.4, 0.5) is 0 Å². The van der Waals surface area contributed by atoms with Gasteiger partial charge in [0.15, 0.2) is 0 Å². The predicted molar refractivity (Wildman–Crippen MR) is 84.0 cm³/mol. The molecule has 1 aliphatic heterocycles. The summed E-state index contributed by atoms with van der Waals surface area (Å²) in [6.45, 7) is 8.55. The number of carbonyl (C=O) groups is 1. The fourth-order valence-electron chi connectivity index (χ4n) is 2.55. The highest BCUT2D eigenvalue weighted by molar-refractivity contribution is 5.81. The van der Waals surface area contributed by atoms with Crippen molar-refractivity contribution in [1.82, 2.24) is 10.6 Å². The Hall–Kier alpha value is -1.39. The van der Waals surface area contributed by atoms with Crippen molar-refractivity contribution < 1.29 is 9.53 Å². The number of morpholine rings is 1. The molecule has 0 aromatic heterocycles. The minimum absolute atomic E-state index is 0.0178. The molecule has 4 heteroatoms. The van der Waals surface area contributed by atoms with Crippen molar-refractivity contribution in [3.8, 4) is 0 Å². The molecule has 0 saturated carbocycles. The van der Waals surface area contributed by atoms with Crippen molar-refractivity contribution in [3.63, 3.8) is 0 Å². The third-order valence-electron chi connectivity index (χ3n) is 3.55. The fraction of sp³-hybridized carbons (Fsp3) is 0.588. The highest BCUT2D eigenvalue weighted by Gasteiger charge is 2.27. The van der Waals surface area contributed by atoms with Crippen molar-refractivity contribution in [1.29, 1.82) is 0 Å². The van der Waals surface area contributed by atoms with E-state index in [1.54, 1.807) is 0 Å². The molecule has 2 N–H and O–H groups in total. The van der Waals surface area contributed by atoms with Crippen LogP contribution in [0.15, 0.2) is 30.3 Å². The Morgan fingerprint density at radius 1 is 1.38 bits per heavy atom. The Morgan fingerprint density at radius 3 is 2.67 bits per heavy atom. The summed E-state index contributed by atoms with van der Waals surface area (Å²) in [7, 11) is 0. The van der Waals surface area contributed by atoms with Crippen LogP contribution in [0.1, 0.15) is 38.8 Å². The van der Waals surface area contributed by atoms with Crippen LogP contribution in [0.25, 0.3) is 0 Å². The summed E-state index contributed by atoms with van der Waals surface area (Å²) in [5, 5.41) is 6.35. The lowest BCUT2D eigenvalue weighted by Crippen LogP contribution is -2.48. The van der Waals surface area contributed by atoms with E-state index in [1.807, 2.05) is 18.2 Å². The Morgan fingerprint density at radius 2 is 2.10 bits per heavy atom. The molecule has 1 aromatic carbocycles. The summed E-state index contributed by atoms with van der Waals surface area (Å²) >= 11 is 0. The highest BCUT2D eigenvalue weighted by Crippen LogP contribution is 2.29. The second-order valence-corrected chi connectivity index (χ2v) is 6.80. The third-order valence-corrected chi connectivity index (χ3v) is 3.55. The van der Waals surface area contributed by atoms with Gasteiger partial charge in [-0.05, 0) is 17.4 Å². The molecule has 0 bridgehead atoms. The van der Waals surface area contributed by atoms with E-state index in [1.165, 1.54) is 0 Å². The van der Waals surface area contributed by atoms with E-state index in [4.69, 9.17) is 4.74 Å². The number of benzene rings is 1. The van der Waals surface area contributed by atoms with Gasteiger partial charge in [-0.15, -0.1) is 0 Å². The molecule has 21 heavy (non-hydrogen) atoms. The van der Waals surface area contributed by atoms with Crippen LogP contribution in [0.3, 0.4) is 0 Å². The Bertz CT molecular complexity index is 448. The summed E-state index contributed by atoms with van der Waals surface area (Å²) in [6.07, 6.45) is 0.507. The van der Waals surface area contributed by atoms with Gasteiger partial charge in [0.2, 0.25) is 0 Å². The molecule has 2 rings (SSSR count). The average Bonchev–Trinajstić information content (AvgIpc) is 2.47. The second kappa shape index (κ2) is 7.05. The first-order chi connectivity index (χ1) is 9.96. The molecule has 0 aliphatic carbocycles. The van der Waals surface area contributed by atoms with Crippen molar-refractivity contribution in [3.05, 3.63) is 35.9 Å². The summed E-state index contributed by atoms with van der Waals surface area (Å²) in [5.41, 5.74) is 1.28. The van der Waals surface area contributed by atoms with Gasteiger partial charge in [-0.1, -0.05) is 51.1 Å². The van der Waals surface area contributed by atoms with E-state index in [-0.39, 0.29) is 23.5 Å². The molecule has 0 radical (unpaired) electrons. The molecular formula is C17H26N2O2. The Kier molecular flexibility index (Phi) is 5.37. The molecule has 1 aromatic rings. The lowest BCUT2D eigenvalue weighted by Gasteiger charge is -2.30. The topological polar surface area (TPSA) is 50.4 Å². The number of amides is 1. The van der Waals surface area contributed by atoms with E-state index < -0.39 is 0 Å². The standard InChI is InChI=1S/C17H26N2O2/c1-17(2,3)11-14(13-7-5-4-6-8-13)19-16(20)15-12-18-9-10-21-15/h4-8,14-15,18H,9-12H2,1-3H3,(H,19,20). The predicted octanol–water partition coefficient (Wildman–Crippen LogP) is 2.27. The maximum Gasteiger partial charge on any atom is 0.250 e. The van der Waals surface area contributed by atoms with Gasteiger partial charge >= 0.3 is 0 Å². The summed E-state index contributed by atoms with van der Waals surface area (Å²) in [5.74, 6) is -0.0275. The first kappa shape index (κ1) is 16.0. The Balaban J connectivity index is 2.06. The van der Waals surface area contributed by atoms with Gasteiger partial charge in [-0.3, -0.25) is 4.79 Å². The number of hydrogen-bond donors (Lipinski definition) is 2. The van der Waals surface area contributed by atoms with E-state index in [2.05, 4.69) is 43.5 Å². The van der Waals surface area contributed by atoms with Gasteiger partial charge in [0, 0.05) is 13.1 Å². The van der Waals surface area contributed by atoms with E-state index >= 15 is 0 Å². The zero-order valence-electron chi connectivity index (χ0n) is 13.2. The lowest BCUT2D eigenvalue weighted by molar-refractivity contribution is -0.135. The summed E-state index contributed by atoms with van der Waals surface area (Å²) < 4.78 is 5.53. The van der Waals surface area contributed by atoms with Crippen LogP contribution in [0.5, 0.6) is 0 Å². The maximum atomic E-state index is 12.4. The van der Waals surface area contributed by atoms with Crippen LogP contribution in [0, 0.1) is 5.41 Å². The van der Waals surface area contributed by atoms with E-state index in [0.29, 0.717) is 13.2 Å². The maximum absolute atomic E-state index is 12.4. The van der Waals surface area contributed by atoms with Crippen LogP contribution < -0.4 is 10.6 Å². The molecule has 1 heterocycles. The van der Waals surface area contributed by atoms with Gasteiger partial charge in [0.05, 0.1) is 12.6 Å². The first-order valence-corrected chi connectivity index (χ1v) is 7.63. The largest absolute Gasteiger partial charge is 0.366 e.